The molecule has 3 heterocycles. The van der Waals surface area contributed by atoms with Crippen molar-refractivity contribution in [3.8, 4) is 6.07 Å². The Bertz CT molecular complexity index is 993. The fourth-order valence-corrected chi connectivity index (χ4v) is 4.44. The zero-order valence-electron chi connectivity index (χ0n) is 19.3. The number of hydrogen-bond acceptors (Lipinski definition) is 10. The number of ketones is 1. The van der Waals surface area contributed by atoms with E-state index in [4.69, 9.17) is 9.81 Å². The Balaban J connectivity index is 0.000000696. The largest absolute Gasteiger partial charge is 0.360 e. The number of aromatic nitrogens is 1. The molecule has 1 aromatic heterocycles. The molecular weight excluding hydrogens is 468 g/mol. The Kier molecular flexibility index (Phi) is 9.33. The van der Waals surface area contributed by atoms with Crippen LogP contribution in [0.2, 0.25) is 0 Å². The maximum Gasteiger partial charge on any atom is 0.261 e. The molecule has 3 rings (SSSR count). The highest BCUT2D eigenvalue weighted by Gasteiger charge is 2.30. The number of Topliss-reactive ketones (excluding diaryl/α,β-unsaturated/α-hetero) is 1. The van der Waals surface area contributed by atoms with Gasteiger partial charge in [-0.15, -0.1) is 11.3 Å². The molecule has 1 unspecified atom stereocenters. The molecular formula is C20H32N6O5S2. The minimum atomic E-state index is -3.67. The molecule has 1 aromatic rings. The van der Waals surface area contributed by atoms with Crippen LogP contribution in [-0.2, 0) is 32.7 Å². The van der Waals surface area contributed by atoms with Crippen molar-refractivity contribution in [3.05, 3.63) is 10.6 Å². The summed E-state index contributed by atoms with van der Waals surface area (Å²) in [4.78, 5) is 31.5. The van der Waals surface area contributed by atoms with Gasteiger partial charge in [-0.05, 0) is 33.6 Å². The van der Waals surface area contributed by atoms with E-state index in [0.717, 1.165) is 28.5 Å². The average Bonchev–Trinajstić information content (AvgIpc) is 3.35. The van der Waals surface area contributed by atoms with Crippen molar-refractivity contribution in [2.75, 3.05) is 31.2 Å². The van der Waals surface area contributed by atoms with Crippen molar-refractivity contribution in [1.82, 2.24) is 20.5 Å². The van der Waals surface area contributed by atoms with E-state index < -0.39 is 10.1 Å². The highest BCUT2D eigenvalue weighted by atomic mass is 32.2. The highest BCUT2D eigenvalue weighted by molar-refractivity contribution is 7.85. The number of carbonyl (C=O) groups excluding carboxylic acids is 2. The molecule has 2 aliphatic rings. The lowest BCUT2D eigenvalue weighted by Gasteiger charge is -2.28. The molecule has 0 aromatic carbocycles. The number of amides is 1. The van der Waals surface area contributed by atoms with E-state index in [0.29, 0.717) is 32.3 Å². The first kappa shape index (κ1) is 27.1. The number of thiazole rings is 1. The molecule has 0 bridgehead atoms. The number of rotatable bonds is 7. The van der Waals surface area contributed by atoms with Crippen LogP contribution in [-0.4, -0.2) is 78.1 Å². The SMILES string of the molecule is CC(=O)C1Cc2nc(NCC(C)(C)NCC(=O)N3CCC[C@H]3C#N)sc2CN1.CS(=O)(=O)O. The number of nitriles is 1. The van der Waals surface area contributed by atoms with Crippen LogP contribution in [0.15, 0.2) is 0 Å². The molecule has 2 aliphatic heterocycles. The molecule has 4 N–H and O–H groups in total. The second-order valence-corrected chi connectivity index (χ2v) is 11.4. The first-order valence-corrected chi connectivity index (χ1v) is 13.3. The Morgan fingerprint density at radius 3 is 2.70 bits per heavy atom. The van der Waals surface area contributed by atoms with Gasteiger partial charge in [-0.25, -0.2) is 4.98 Å². The van der Waals surface area contributed by atoms with E-state index in [1.807, 2.05) is 13.8 Å². The van der Waals surface area contributed by atoms with Gasteiger partial charge in [0.25, 0.3) is 10.1 Å². The maximum absolute atomic E-state index is 12.4. The number of likely N-dealkylation sites (tertiary alicyclic amines) is 1. The van der Waals surface area contributed by atoms with Gasteiger partial charge in [-0.2, -0.15) is 13.7 Å². The first-order valence-electron chi connectivity index (χ1n) is 10.6. The third-order valence-electron chi connectivity index (χ3n) is 5.30. The van der Waals surface area contributed by atoms with Crippen LogP contribution in [0.1, 0.15) is 44.2 Å². The molecule has 0 saturated carbocycles. The zero-order valence-corrected chi connectivity index (χ0v) is 21.0. The number of nitrogens with zero attached hydrogens (tertiary/aromatic N) is 3. The van der Waals surface area contributed by atoms with Gasteiger partial charge in [0.15, 0.2) is 5.13 Å². The van der Waals surface area contributed by atoms with Gasteiger partial charge in [0.2, 0.25) is 5.91 Å². The van der Waals surface area contributed by atoms with Crippen LogP contribution in [0.3, 0.4) is 0 Å². The van der Waals surface area contributed by atoms with Crippen LogP contribution in [0.4, 0.5) is 5.13 Å². The monoisotopic (exact) mass is 500 g/mol. The third kappa shape index (κ3) is 8.98. The predicted molar refractivity (Wildman–Crippen MR) is 126 cm³/mol. The van der Waals surface area contributed by atoms with Crippen LogP contribution < -0.4 is 16.0 Å². The molecule has 0 aliphatic carbocycles. The minimum absolute atomic E-state index is 0.0248. The van der Waals surface area contributed by atoms with Gasteiger partial charge in [0, 0.05) is 36.5 Å². The topological polar surface area (TPSA) is 165 Å². The van der Waals surface area contributed by atoms with Crippen LogP contribution in [0, 0.1) is 11.3 Å². The lowest BCUT2D eigenvalue weighted by Crippen LogP contribution is -2.50. The lowest BCUT2D eigenvalue weighted by atomic mass is 10.0. The number of nitrogens with one attached hydrogen (secondary N) is 3. The van der Waals surface area contributed by atoms with Gasteiger partial charge >= 0.3 is 0 Å². The van der Waals surface area contributed by atoms with Gasteiger partial charge in [0.05, 0.1) is 30.6 Å². The number of anilines is 1. The molecule has 184 valence electrons. The summed E-state index contributed by atoms with van der Waals surface area (Å²) in [5.41, 5.74) is 0.674. The molecule has 1 fully saturated rings. The summed E-state index contributed by atoms with van der Waals surface area (Å²) in [6.45, 7) is 7.82. The van der Waals surface area contributed by atoms with E-state index in [1.165, 1.54) is 0 Å². The molecule has 13 heteroatoms. The van der Waals surface area contributed by atoms with Gasteiger partial charge in [-0.3, -0.25) is 14.1 Å². The average molecular weight is 501 g/mol. The van der Waals surface area contributed by atoms with E-state index in [2.05, 4.69) is 27.0 Å². The molecule has 0 spiro atoms. The quantitative estimate of drug-likeness (QED) is 0.388. The standard InChI is InChI=1S/C19H28N6O2S.CH4O3S/c1-12(26)14-7-15-16(9-21-14)28-18(24-15)22-11-19(2,3)23-10-17(27)25-6-4-5-13(25)8-20;1-5(2,3)4/h13-14,21,23H,4-7,9-11H2,1-3H3,(H,22,24);1H3,(H,2,3,4)/t13-,14?;/m0./s1. The fourth-order valence-electron chi connectivity index (χ4n) is 3.50. The zero-order chi connectivity index (χ0) is 24.8. The summed E-state index contributed by atoms with van der Waals surface area (Å²) in [5, 5.41) is 19.9. The van der Waals surface area contributed by atoms with Crippen LogP contribution in [0.25, 0.3) is 0 Å². The summed E-state index contributed by atoms with van der Waals surface area (Å²) >= 11 is 1.60. The first-order chi connectivity index (χ1) is 15.3. The van der Waals surface area contributed by atoms with Gasteiger partial charge < -0.3 is 20.9 Å². The summed E-state index contributed by atoms with van der Waals surface area (Å²) in [6, 6.07) is 1.77. The van der Waals surface area contributed by atoms with Crippen molar-refractivity contribution in [3.63, 3.8) is 0 Å². The van der Waals surface area contributed by atoms with Crippen molar-refractivity contribution >= 4 is 38.3 Å². The minimum Gasteiger partial charge on any atom is -0.360 e. The van der Waals surface area contributed by atoms with Crippen molar-refractivity contribution in [2.24, 2.45) is 0 Å². The number of fused-ring (bicyclic) bond motifs is 1. The van der Waals surface area contributed by atoms with Crippen LogP contribution >= 0.6 is 11.3 Å². The molecule has 0 radical (unpaired) electrons. The smallest absolute Gasteiger partial charge is 0.261 e. The number of carbonyl (C=O) groups is 2. The summed E-state index contributed by atoms with van der Waals surface area (Å²) in [7, 11) is -3.67. The van der Waals surface area contributed by atoms with E-state index >= 15 is 0 Å². The normalized spacial score (nSPS) is 20.3. The second kappa shape index (κ2) is 11.3. The Morgan fingerprint density at radius 1 is 1.42 bits per heavy atom. The predicted octanol–water partition coefficient (Wildman–Crippen LogP) is 0.545. The Morgan fingerprint density at radius 2 is 2.09 bits per heavy atom. The molecule has 11 nitrogen and oxygen atoms in total. The maximum atomic E-state index is 12.4. The summed E-state index contributed by atoms with van der Waals surface area (Å²) in [5.74, 6) is 0.114. The molecule has 2 atom stereocenters. The summed E-state index contributed by atoms with van der Waals surface area (Å²) < 4.78 is 25.9. The van der Waals surface area contributed by atoms with E-state index in [-0.39, 0.29) is 35.9 Å². The van der Waals surface area contributed by atoms with Crippen molar-refractivity contribution in [2.45, 2.75) is 64.2 Å². The van der Waals surface area contributed by atoms with E-state index in [1.54, 1.807) is 23.2 Å². The molecule has 1 saturated heterocycles. The van der Waals surface area contributed by atoms with E-state index in [9.17, 15) is 18.0 Å². The fraction of sp³-hybridized carbons (Fsp3) is 0.700. The Hall–Kier alpha value is -2.11. The van der Waals surface area contributed by atoms with Gasteiger partial charge in [-0.1, -0.05) is 0 Å². The second-order valence-electron chi connectivity index (χ2n) is 8.84. The lowest BCUT2D eigenvalue weighted by molar-refractivity contribution is -0.130. The third-order valence-corrected chi connectivity index (χ3v) is 6.35. The number of hydrogen-bond donors (Lipinski definition) is 4. The van der Waals surface area contributed by atoms with Crippen molar-refractivity contribution in [1.29, 1.82) is 5.26 Å². The molecule has 33 heavy (non-hydrogen) atoms. The Labute approximate surface area is 198 Å². The molecule has 1 amide bonds. The highest BCUT2D eigenvalue weighted by Crippen LogP contribution is 2.27. The van der Waals surface area contributed by atoms with Crippen molar-refractivity contribution < 1.29 is 22.6 Å². The van der Waals surface area contributed by atoms with Gasteiger partial charge in [0.1, 0.15) is 11.8 Å². The van der Waals surface area contributed by atoms with Crippen LogP contribution in [0.5, 0.6) is 0 Å². The summed E-state index contributed by atoms with van der Waals surface area (Å²) in [6.07, 6.45) is 3.01.